The van der Waals surface area contributed by atoms with Crippen LogP contribution in [-0.2, 0) is 25.5 Å². The van der Waals surface area contributed by atoms with E-state index in [-0.39, 0.29) is 25.6 Å². The predicted molar refractivity (Wildman–Crippen MR) is 131 cm³/mol. The van der Waals surface area contributed by atoms with Crippen molar-refractivity contribution in [2.24, 2.45) is 0 Å². The Morgan fingerprint density at radius 2 is 1.86 bits per heavy atom. The molecule has 0 spiro atoms. The lowest BCUT2D eigenvalue weighted by atomic mass is 9.97. The highest BCUT2D eigenvalue weighted by Gasteiger charge is 2.45. The average Bonchev–Trinajstić information content (AvgIpc) is 3.41. The summed E-state index contributed by atoms with van der Waals surface area (Å²) < 4.78 is 16.7. The summed E-state index contributed by atoms with van der Waals surface area (Å²) in [7, 11) is 0. The van der Waals surface area contributed by atoms with Gasteiger partial charge in [0.1, 0.15) is 18.5 Å². The minimum absolute atomic E-state index is 0.119. The van der Waals surface area contributed by atoms with E-state index in [2.05, 4.69) is 11.8 Å². The number of hydrogen-bond acceptors (Lipinski definition) is 6. The normalized spacial score (nSPS) is 20.4. The first-order chi connectivity index (χ1) is 16.8. The van der Waals surface area contributed by atoms with Crippen LogP contribution in [0.1, 0.15) is 55.4 Å². The molecule has 2 atom stereocenters. The summed E-state index contributed by atoms with van der Waals surface area (Å²) in [5, 5.41) is 9.76. The lowest BCUT2D eigenvalue weighted by Crippen LogP contribution is -2.39. The molecule has 1 fully saturated rings. The Kier molecular flexibility index (Phi) is 7.28. The van der Waals surface area contributed by atoms with Crippen LogP contribution in [0.15, 0.2) is 53.6 Å². The second kappa shape index (κ2) is 10.4. The molecule has 2 aromatic rings. The number of aliphatic hydroxyl groups is 1. The van der Waals surface area contributed by atoms with Gasteiger partial charge in [0, 0.05) is 36.0 Å². The molecular weight excluding hydrogens is 444 g/mol. The van der Waals surface area contributed by atoms with Crippen molar-refractivity contribution in [3.05, 3.63) is 75.9 Å². The summed E-state index contributed by atoms with van der Waals surface area (Å²) in [4.78, 5) is 24.4. The smallest absolute Gasteiger partial charge is 0.334 e. The van der Waals surface area contributed by atoms with E-state index in [4.69, 9.17) is 14.2 Å². The minimum Gasteiger partial charge on any atom is -0.490 e. The molecule has 2 aromatic carbocycles. The SMILES string of the molecule is CC(C)=C1C[C@@](CO)(COC(=O)CC[C@@H]2Cc3cc(C#Cc4ccc(C)cc4)ccc3O2)OC1=O. The molecule has 4 rings (SSSR count). The largest absolute Gasteiger partial charge is 0.490 e. The van der Waals surface area contributed by atoms with Gasteiger partial charge >= 0.3 is 11.9 Å². The van der Waals surface area contributed by atoms with E-state index in [9.17, 15) is 14.7 Å². The Balaban J connectivity index is 1.27. The van der Waals surface area contributed by atoms with E-state index in [1.165, 1.54) is 5.56 Å². The highest BCUT2D eigenvalue weighted by molar-refractivity contribution is 5.92. The molecule has 6 heteroatoms. The van der Waals surface area contributed by atoms with Gasteiger partial charge in [-0.15, -0.1) is 0 Å². The quantitative estimate of drug-likeness (QED) is 0.387. The molecule has 0 aliphatic carbocycles. The summed E-state index contributed by atoms with van der Waals surface area (Å²) in [5.41, 5.74) is 4.32. The second-order valence-electron chi connectivity index (χ2n) is 9.47. The first kappa shape index (κ1) is 24.6. The van der Waals surface area contributed by atoms with E-state index < -0.39 is 24.1 Å². The molecule has 0 radical (unpaired) electrons. The zero-order valence-electron chi connectivity index (χ0n) is 20.3. The van der Waals surface area contributed by atoms with Crippen molar-refractivity contribution in [3.63, 3.8) is 0 Å². The predicted octanol–water partition coefficient (Wildman–Crippen LogP) is 4.04. The zero-order valence-corrected chi connectivity index (χ0v) is 20.3. The Morgan fingerprint density at radius 3 is 2.54 bits per heavy atom. The third-order valence-electron chi connectivity index (χ3n) is 6.32. The number of carbonyl (C=O) groups is 2. The summed E-state index contributed by atoms with van der Waals surface area (Å²) in [5.74, 6) is 6.32. The number of benzene rings is 2. The van der Waals surface area contributed by atoms with Crippen molar-refractivity contribution in [3.8, 4) is 17.6 Å². The van der Waals surface area contributed by atoms with Crippen molar-refractivity contribution in [2.45, 2.75) is 58.2 Å². The lowest BCUT2D eigenvalue weighted by molar-refractivity contribution is -0.166. The monoisotopic (exact) mass is 474 g/mol. The zero-order chi connectivity index (χ0) is 25.0. The van der Waals surface area contributed by atoms with Crippen LogP contribution in [0.3, 0.4) is 0 Å². The highest BCUT2D eigenvalue weighted by Crippen LogP contribution is 2.33. The molecule has 2 heterocycles. The van der Waals surface area contributed by atoms with Crippen molar-refractivity contribution >= 4 is 11.9 Å². The summed E-state index contributed by atoms with van der Waals surface area (Å²) >= 11 is 0. The Bertz CT molecular complexity index is 1210. The fraction of sp³-hybridized carbons (Fsp3) is 0.379. The van der Waals surface area contributed by atoms with Crippen LogP contribution in [0.4, 0.5) is 0 Å². The van der Waals surface area contributed by atoms with Gasteiger partial charge in [-0.05, 0) is 63.1 Å². The second-order valence-corrected chi connectivity index (χ2v) is 9.47. The third-order valence-corrected chi connectivity index (χ3v) is 6.32. The van der Waals surface area contributed by atoms with Gasteiger partial charge in [0.15, 0.2) is 5.60 Å². The van der Waals surface area contributed by atoms with Gasteiger partial charge in [-0.3, -0.25) is 4.79 Å². The minimum atomic E-state index is -1.20. The molecule has 1 saturated heterocycles. The summed E-state index contributed by atoms with van der Waals surface area (Å²) in [6, 6.07) is 14.0. The number of cyclic esters (lactones) is 1. The van der Waals surface area contributed by atoms with Crippen LogP contribution in [0.25, 0.3) is 0 Å². The van der Waals surface area contributed by atoms with E-state index in [0.717, 1.165) is 28.0 Å². The molecule has 0 aromatic heterocycles. The summed E-state index contributed by atoms with van der Waals surface area (Å²) in [6.07, 6.45) is 1.48. The van der Waals surface area contributed by atoms with Crippen molar-refractivity contribution in [2.75, 3.05) is 13.2 Å². The molecule has 1 N–H and O–H groups in total. The maximum absolute atomic E-state index is 12.3. The van der Waals surface area contributed by atoms with Gasteiger partial charge in [0.2, 0.25) is 0 Å². The van der Waals surface area contributed by atoms with Crippen molar-refractivity contribution in [1.29, 1.82) is 0 Å². The fourth-order valence-corrected chi connectivity index (χ4v) is 4.19. The van der Waals surface area contributed by atoms with Gasteiger partial charge in [0.25, 0.3) is 0 Å². The van der Waals surface area contributed by atoms with E-state index in [1.807, 2.05) is 63.2 Å². The Morgan fingerprint density at radius 1 is 1.14 bits per heavy atom. The number of carbonyl (C=O) groups excluding carboxylic acids is 2. The average molecular weight is 475 g/mol. The highest BCUT2D eigenvalue weighted by atomic mass is 16.6. The Labute approximate surface area is 205 Å². The number of esters is 2. The van der Waals surface area contributed by atoms with Gasteiger partial charge in [-0.25, -0.2) is 4.79 Å². The topological polar surface area (TPSA) is 82.1 Å². The van der Waals surface area contributed by atoms with Crippen molar-refractivity contribution < 1.29 is 28.9 Å². The molecule has 0 bridgehead atoms. The van der Waals surface area contributed by atoms with Crippen LogP contribution in [0.5, 0.6) is 5.75 Å². The molecular formula is C29H30O6. The lowest BCUT2D eigenvalue weighted by Gasteiger charge is -2.24. The van der Waals surface area contributed by atoms with Crippen LogP contribution >= 0.6 is 0 Å². The number of hydrogen-bond donors (Lipinski definition) is 1. The summed E-state index contributed by atoms with van der Waals surface area (Å²) in [6.45, 7) is 5.11. The molecule has 0 amide bonds. The van der Waals surface area contributed by atoms with Crippen LogP contribution < -0.4 is 4.74 Å². The molecule has 0 unspecified atom stereocenters. The molecule has 0 saturated carbocycles. The first-order valence-corrected chi connectivity index (χ1v) is 11.8. The van der Waals surface area contributed by atoms with Gasteiger partial charge in [0.05, 0.1) is 6.61 Å². The van der Waals surface area contributed by atoms with Gasteiger partial charge < -0.3 is 19.3 Å². The number of rotatable bonds is 6. The van der Waals surface area contributed by atoms with E-state index >= 15 is 0 Å². The van der Waals surface area contributed by atoms with Crippen LogP contribution in [0, 0.1) is 18.8 Å². The fourth-order valence-electron chi connectivity index (χ4n) is 4.19. The Hall–Kier alpha value is -3.56. The standard InChI is InChI=1S/C29H30O6/c1-19(2)25-16-29(17-30,35-28(25)32)18-33-27(31)13-11-24-15-23-14-22(10-12-26(23)34-24)9-8-21-6-4-20(3)5-7-21/h4-7,10,12,14,24,30H,11,13,15-18H2,1-3H3/t24-,29-/m1/s1. The molecule has 2 aliphatic heterocycles. The first-order valence-electron chi connectivity index (χ1n) is 11.8. The third kappa shape index (κ3) is 5.93. The molecule has 6 nitrogen and oxygen atoms in total. The van der Waals surface area contributed by atoms with Crippen LogP contribution in [0.2, 0.25) is 0 Å². The van der Waals surface area contributed by atoms with Gasteiger partial charge in [-0.2, -0.15) is 0 Å². The molecule has 35 heavy (non-hydrogen) atoms. The number of ether oxygens (including phenoxy) is 3. The molecule has 2 aliphatic rings. The molecule has 182 valence electrons. The maximum atomic E-state index is 12.3. The maximum Gasteiger partial charge on any atom is 0.334 e. The van der Waals surface area contributed by atoms with Crippen molar-refractivity contribution in [1.82, 2.24) is 0 Å². The number of allylic oxidation sites excluding steroid dienone is 1. The van der Waals surface area contributed by atoms with E-state index in [1.54, 1.807) is 0 Å². The number of aryl methyl sites for hydroxylation is 1. The van der Waals surface area contributed by atoms with E-state index in [0.29, 0.717) is 18.4 Å². The number of aliphatic hydroxyl groups excluding tert-OH is 1. The number of fused-ring (bicyclic) bond motifs is 1. The van der Waals surface area contributed by atoms with Gasteiger partial charge in [-0.1, -0.05) is 35.1 Å². The van der Waals surface area contributed by atoms with Crippen LogP contribution in [-0.4, -0.2) is 42.0 Å².